The highest BCUT2D eigenvalue weighted by atomic mass is 35.5. The molecule has 0 aromatic heterocycles. The molecule has 0 saturated carbocycles. The number of phosphoric ester groups is 1. The average molecular weight is 231 g/mol. The SMILES string of the molecule is CCOP(=O)(OCC)O[C@H](C)CCl. The first-order valence-corrected chi connectivity index (χ1v) is 6.21. The highest BCUT2D eigenvalue weighted by molar-refractivity contribution is 7.48. The van der Waals surface area contributed by atoms with Crippen LogP contribution in [0.2, 0.25) is 0 Å². The van der Waals surface area contributed by atoms with Crippen molar-refractivity contribution in [3.63, 3.8) is 0 Å². The minimum Gasteiger partial charge on any atom is -0.287 e. The molecule has 0 aromatic carbocycles. The molecule has 6 heteroatoms. The van der Waals surface area contributed by atoms with Gasteiger partial charge in [-0.1, -0.05) is 0 Å². The minimum atomic E-state index is -3.38. The summed E-state index contributed by atoms with van der Waals surface area (Å²) in [5.74, 6) is 0.254. The molecule has 0 fully saturated rings. The Hall–Kier alpha value is 0.400. The number of halogens is 1. The molecule has 0 rings (SSSR count). The number of hydrogen-bond donors (Lipinski definition) is 0. The van der Waals surface area contributed by atoms with Crippen LogP contribution in [0.15, 0.2) is 0 Å². The van der Waals surface area contributed by atoms with Crippen molar-refractivity contribution in [2.45, 2.75) is 26.9 Å². The lowest BCUT2D eigenvalue weighted by atomic mass is 10.5. The molecule has 0 heterocycles. The van der Waals surface area contributed by atoms with Crippen LogP contribution < -0.4 is 0 Å². The Bertz CT molecular complexity index is 166. The van der Waals surface area contributed by atoms with Crippen molar-refractivity contribution in [1.82, 2.24) is 0 Å². The first-order chi connectivity index (χ1) is 6.08. The summed E-state index contributed by atoms with van der Waals surface area (Å²) in [6.45, 7) is 5.72. The summed E-state index contributed by atoms with van der Waals surface area (Å²) < 4.78 is 26.5. The smallest absolute Gasteiger partial charge is 0.287 e. The second kappa shape index (κ2) is 6.80. The molecule has 0 amide bonds. The van der Waals surface area contributed by atoms with Gasteiger partial charge in [-0.2, -0.15) is 0 Å². The van der Waals surface area contributed by atoms with E-state index in [1.165, 1.54) is 0 Å². The van der Waals surface area contributed by atoms with Gasteiger partial charge in [0.1, 0.15) is 0 Å². The zero-order valence-corrected chi connectivity index (χ0v) is 9.81. The molecule has 13 heavy (non-hydrogen) atoms. The quantitative estimate of drug-likeness (QED) is 0.498. The van der Waals surface area contributed by atoms with Crippen LogP contribution in [0.1, 0.15) is 20.8 Å². The molecular formula is C7H16ClO4P. The van der Waals surface area contributed by atoms with Crippen LogP contribution in [-0.4, -0.2) is 25.2 Å². The predicted octanol–water partition coefficient (Wildman–Crippen LogP) is 2.81. The van der Waals surface area contributed by atoms with Crippen molar-refractivity contribution in [3.05, 3.63) is 0 Å². The van der Waals surface area contributed by atoms with Crippen LogP contribution in [0.4, 0.5) is 0 Å². The monoisotopic (exact) mass is 230 g/mol. The molecule has 0 aliphatic rings. The van der Waals surface area contributed by atoms with Gasteiger partial charge in [0.2, 0.25) is 0 Å². The van der Waals surface area contributed by atoms with Gasteiger partial charge in [-0.25, -0.2) is 4.57 Å². The Balaban J connectivity index is 4.14. The van der Waals surface area contributed by atoms with Crippen molar-refractivity contribution >= 4 is 19.4 Å². The molecule has 80 valence electrons. The van der Waals surface area contributed by atoms with Gasteiger partial charge in [0, 0.05) is 5.88 Å². The number of alkyl halides is 1. The third-order valence-corrected chi connectivity index (χ3v) is 3.30. The molecule has 0 N–H and O–H groups in total. The van der Waals surface area contributed by atoms with E-state index < -0.39 is 7.82 Å². The number of rotatable bonds is 7. The predicted molar refractivity (Wildman–Crippen MR) is 52.1 cm³/mol. The number of phosphoric acid groups is 1. The van der Waals surface area contributed by atoms with Gasteiger partial charge >= 0.3 is 7.82 Å². The fraction of sp³-hybridized carbons (Fsp3) is 1.00. The van der Waals surface area contributed by atoms with Crippen molar-refractivity contribution < 1.29 is 18.1 Å². The molecule has 0 saturated heterocycles. The van der Waals surface area contributed by atoms with Crippen LogP contribution >= 0.6 is 19.4 Å². The van der Waals surface area contributed by atoms with Gasteiger partial charge in [-0.15, -0.1) is 11.6 Å². The molecule has 1 atom stereocenters. The average Bonchev–Trinajstić information content (AvgIpc) is 2.04. The van der Waals surface area contributed by atoms with E-state index in [-0.39, 0.29) is 25.2 Å². The summed E-state index contributed by atoms with van der Waals surface area (Å²) in [5, 5.41) is 0. The molecule has 0 aromatic rings. The molecule has 0 unspecified atom stereocenters. The van der Waals surface area contributed by atoms with Gasteiger partial charge in [-0.05, 0) is 20.8 Å². The van der Waals surface area contributed by atoms with Crippen LogP contribution in [0.25, 0.3) is 0 Å². The topological polar surface area (TPSA) is 44.8 Å². The minimum absolute atomic E-state index is 0.254. The van der Waals surface area contributed by atoms with Gasteiger partial charge < -0.3 is 0 Å². The van der Waals surface area contributed by atoms with E-state index in [4.69, 9.17) is 25.2 Å². The van der Waals surface area contributed by atoms with E-state index in [2.05, 4.69) is 0 Å². The van der Waals surface area contributed by atoms with Gasteiger partial charge in [0.15, 0.2) is 0 Å². The summed E-state index contributed by atoms with van der Waals surface area (Å²) in [6.07, 6.45) is -0.342. The molecular weight excluding hydrogens is 214 g/mol. The maximum atomic E-state index is 11.7. The Labute approximate surface area is 84.1 Å². The first-order valence-electron chi connectivity index (χ1n) is 4.21. The lowest BCUT2D eigenvalue weighted by molar-refractivity contribution is 0.0987. The lowest BCUT2D eigenvalue weighted by Gasteiger charge is -2.19. The summed E-state index contributed by atoms with van der Waals surface area (Å²) in [7, 11) is -3.38. The fourth-order valence-electron chi connectivity index (χ4n) is 0.663. The van der Waals surface area contributed by atoms with Crippen LogP contribution in [0.5, 0.6) is 0 Å². The maximum Gasteiger partial charge on any atom is 0.475 e. The molecule has 0 radical (unpaired) electrons. The Morgan fingerprint density at radius 1 is 1.31 bits per heavy atom. The number of hydrogen-bond acceptors (Lipinski definition) is 4. The van der Waals surface area contributed by atoms with Crippen LogP contribution in [0, 0.1) is 0 Å². The normalized spacial score (nSPS) is 14.5. The van der Waals surface area contributed by atoms with E-state index in [9.17, 15) is 4.57 Å². The van der Waals surface area contributed by atoms with Crippen molar-refractivity contribution in [3.8, 4) is 0 Å². The van der Waals surface area contributed by atoms with Crippen molar-refractivity contribution in [2.24, 2.45) is 0 Å². The Morgan fingerprint density at radius 2 is 1.77 bits per heavy atom. The van der Waals surface area contributed by atoms with Gasteiger partial charge in [-0.3, -0.25) is 13.6 Å². The van der Waals surface area contributed by atoms with Crippen molar-refractivity contribution in [2.75, 3.05) is 19.1 Å². The van der Waals surface area contributed by atoms with Crippen molar-refractivity contribution in [1.29, 1.82) is 0 Å². The molecule has 0 aliphatic heterocycles. The third-order valence-electron chi connectivity index (χ3n) is 1.10. The zero-order chi connectivity index (χ0) is 10.3. The zero-order valence-electron chi connectivity index (χ0n) is 8.16. The van der Waals surface area contributed by atoms with E-state index >= 15 is 0 Å². The largest absolute Gasteiger partial charge is 0.475 e. The van der Waals surface area contributed by atoms with E-state index in [0.29, 0.717) is 0 Å². The second-order valence-electron chi connectivity index (χ2n) is 2.35. The van der Waals surface area contributed by atoms with Crippen LogP contribution in [0.3, 0.4) is 0 Å². The molecule has 4 nitrogen and oxygen atoms in total. The Kier molecular flexibility index (Phi) is 7.00. The summed E-state index contributed by atoms with van der Waals surface area (Å²) >= 11 is 5.50. The van der Waals surface area contributed by atoms with Crippen LogP contribution in [-0.2, 0) is 18.1 Å². The maximum absolute atomic E-state index is 11.7. The fourth-order valence-corrected chi connectivity index (χ4v) is 2.16. The van der Waals surface area contributed by atoms with E-state index in [1.807, 2.05) is 0 Å². The third kappa shape index (κ3) is 5.66. The van der Waals surface area contributed by atoms with Gasteiger partial charge in [0.05, 0.1) is 19.3 Å². The molecule has 0 bridgehead atoms. The lowest BCUT2D eigenvalue weighted by Crippen LogP contribution is -2.11. The molecule has 0 spiro atoms. The Morgan fingerprint density at radius 3 is 2.08 bits per heavy atom. The first kappa shape index (κ1) is 13.4. The summed E-state index contributed by atoms with van der Waals surface area (Å²) in [6, 6.07) is 0. The molecule has 0 aliphatic carbocycles. The van der Waals surface area contributed by atoms with E-state index in [1.54, 1.807) is 20.8 Å². The second-order valence-corrected chi connectivity index (χ2v) is 4.28. The standard InChI is InChI=1S/C7H16ClO4P/c1-4-10-13(9,11-5-2)12-7(3)6-8/h7H,4-6H2,1-3H3/t7-/m1/s1. The van der Waals surface area contributed by atoms with Gasteiger partial charge in [0.25, 0.3) is 0 Å². The highest BCUT2D eigenvalue weighted by Gasteiger charge is 2.27. The summed E-state index contributed by atoms with van der Waals surface area (Å²) in [4.78, 5) is 0. The van der Waals surface area contributed by atoms with E-state index in [0.717, 1.165) is 0 Å². The highest BCUT2D eigenvalue weighted by Crippen LogP contribution is 2.50. The summed E-state index contributed by atoms with van der Waals surface area (Å²) in [5.41, 5.74) is 0.